The molecule has 2 aliphatic carbocycles. The van der Waals surface area contributed by atoms with Crippen molar-refractivity contribution in [1.29, 1.82) is 0 Å². The van der Waals surface area contributed by atoms with E-state index in [9.17, 15) is 14.4 Å². The van der Waals surface area contributed by atoms with Crippen LogP contribution in [0.1, 0.15) is 33.6 Å². The van der Waals surface area contributed by atoms with Gasteiger partial charge >= 0.3 is 0 Å². The zero-order valence-electron chi connectivity index (χ0n) is 12.4. The van der Waals surface area contributed by atoms with E-state index >= 15 is 0 Å². The highest BCUT2D eigenvalue weighted by Gasteiger charge is 2.77. The lowest BCUT2D eigenvalue weighted by molar-refractivity contribution is -0.147. The smallest absolute Gasteiger partial charge is 0.239 e. The van der Waals surface area contributed by atoms with Crippen molar-refractivity contribution in [3.63, 3.8) is 0 Å². The van der Waals surface area contributed by atoms with Crippen LogP contribution in [0.25, 0.3) is 0 Å². The molecule has 5 heteroatoms. The fourth-order valence-electron chi connectivity index (χ4n) is 3.95. The normalized spacial score (nSPS) is 33.3. The van der Waals surface area contributed by atoms with Crippen LogP contribution in [0.4, 0.5) is 5.69 Å². The number of rotatable bonds is 2. The van der Waals surface area contributed by atoms with Gasteiger partial charge in [-0.05, 0) is 30.4 Å². The maximum absolute atomic E-state index is 12.8. The largest absolute Gasteiger partial charge is 0.324 e. The number of nitrogens with zero attached hydrogens (tertiary/aromatic N) is 1. The predicted molar refractivity (Wildman–Crippen MR) is 76.4 cm³/mol. The molecule has 0 saturated heterocycles. The summed E-state index contributed by atoms with van der Waals surface area (Å²) in [5.74, 6) is -1.33. The molecule has 0 spiro atoms. The van der Waals surface area contributed by atoms with E-state index in [2.05, 4.69) is 10.3 Å². The van der Waals surface area contributed by atoms with E-state index in [4.69, 9.17) is 0 Å². The minimum Gasteiger partial charge on any atom is -0.324 e. The number of hydrogen-bond donors (Lipinski definition) is 1. The molecule has 5 nitrogen and oxygen atoms in total. The Kier molecular flexibility index (Phi) is 2.65. The highest BCUT2D eigenvalue weighted by atomic mass is 16.2. The van der Waals surface area contributed by atoms with E-state index in [1.54, 1.807) is 25.3 Å². The number of Topliss-reactive ketones (excluding diaryl/α,β-unsaturated/α-hetero) is 2. The van der Waals surface area contributed by atoms with Gasteiger partial charge in [0.2, 0.25) is 17.5 Å². The van der Waals surface area contributed by atoms with Gasteiger partial charge in [-0.3, -0.25) is 19.4 Å². The fraction of sp³-hybridized carbons (Fsp3) is 0.500. The van der Waals surface area contributed by atoms with Gasteiger partial charge < -0.3 is 5.32 Å². The van der Waals surface area contributed by atoms with E-state index < -0.39 is 27.8 Å². The molecule has 1 heterocycles. The number of ketones is 2. The number of pyridine rings is 1. The van der Waals surface area contributed by atoms with Gasteiger partial charge in [-0.15, -0.1) is 0 Å². The van der Waals surface area contributed by atoms with Crippen LogP contribution in [0.15, 0.2) is 24.5 Å². The second kappa shape index (κ2) is 4.00. The first-order valence-electron chi connectivity index (χ1n) is 7.08. The average Bonchev–Trinajstić information content (AvgIpc) is 2.72. The van der Waals surface area contributed by atoms with Crippen LogP contribution in [0.2, 0.25) is 0 Å². The Morgan fingerprint density at radius 1 is 1.19 bits per heavy atom. The van der Waals surface area contributed by atoms with Gasteiger partial charge in [0.05, 0.1) is 11.9 Å². The highest BCUT2D eigenvalue weighted by Crippen LogP contribution is 2.69. The molecular weight excluding hydrogens is 268 g/mol. The van der Waals surface area contributed by atoms with Crippen molar-refractivity contribution in [2.75, 3.05) is 5.32 Å². The van der Waals surface area contributed by atoms with Crippen molar-refractivity contribution < 1.29 is 14.4 Å². The molecule has 2 fully saturated rings. The van der Waals surface area contributed by atoms with E-state index in [-0.39, 0.29) is 5.91 Å². The Morgan fingerprint density at radius 2 is 1.90 bits per heavy atom. The van der Waals surface area contributed by atoms with E-state index in [1.807, 2.05) is 13.8 Å². The van der Waals surface area contributed by atoms with Gasteiger partial charge in [-0.2, -0.15) is 0 Å². The maximum Gasteiger partial charge on any atom is 0.239 e. The second-order valence-corrected chi connectivity index (χ2v) is 6.72. The molecule has 1 amide bonds. The van der Waals surface area contributed by atoms with Crippen molar-refractivity contribution in [2.24, 2.45) is 16.2 Å². The minimum atomic E-state index is -1.26. The summed E-state index contributed by atoms with van der Waals surface area (Å²) >= 11 is 0. The summed E-state index contributed by atoms with van der Waals surface area (Å²) in [4.78, 5) is 41.6. The first-order chi connectivity index (χ1) is 9.77. The van der Waals surface area contributed by atoms with Gasteiger partial charge in [-0.1, -0.05) is 20.8 Å². The number of amides is 1. The Labute approximate surface area is 123 Å². The van der Waals surface area contributed by atoms with Gasteiger partial charge in [0.1, 0.15) is 5.41 Å². The summed E-state index contributed by atoms with van der Waals surface area (Å²) in [6.07, 6.45) is 4.13. The molecule has 0 aliphatic heterocycles. The molecule has 21 heavy (non-hydrogen) atoms. The number of nitrogens with one attached hydrogen (secondary N) is 1. The van der Waals surface area contributed by atoms with Crippen LogP contribution in [0.5, 0.6) is 0 Å². The molecule has 2 bridgehead atoms. The fourth-order valence-corrected chi connectivity index (χ4v) is 3.95. The molecule has 2 atom stereocenters. The van der Waals surface area contributed by atoms with Gasteiger partial charge in [0, 0.05) is 11.6 Å². The maximum atomic E-state index is 12.8. The number of carbonyl (C=O) groups excluding carboxylic acids is 3. The van der Waals surface area contributed by atoms with Gasteiger partial charge in [0.15, 0.2) is 0 Å². The minimum absolute atomic E-state index is 0.389. The van der Waals surface area contributed by atoms with Crippen LogP contribution in [0.3, 0.4) is 0 Å². The lowest BCUT2D eigenvalue weighted by atomic mass is 9.64. The summed E-state index contributed by atoms with van der Waals surface area (Å²) in [6.45, 7) is 5.51. The first kappa shape index (κ1) is 13.9. The van der Waals surface area contributed by atoms with Crippen molar-refractivity contribution in [1.82, 2.24) is 4.98 Å². The molecule has 2 unspecified atom stereocenters. The summed E-state index contributed by atoms with van der Waals surface area (Å²) in [7, 11) is 0. The van der Waals surface area contributed by atoms with E-state index in [0.29, 0.717) is 18.5 Å². The van der Waals surface area contributed by atoms with Crippen LogP contribution in [-0.4, -0.2) is 22.5 Å². The predicted octanol–water partition coefficient (Wildman–Crippen LogP) is 1.98. The number of fused-ring (bicyclic) bond motifs is 2. The molecule has 1 aromatic heterocycles. The quantitative estimate of drug-likeness (QED) is 0.666. The van der Waals surface area contributed by atoms with Gasteiger partial charge in [0.25, 0.3) is 0 Å². The molecule has 0 aromatic carbocycles. The summed E-state index contributed by atoms with van der Waals surface area (Å²) in [6, 6.07) is 3.42. The van der Waals surface area contributed by atoms with Crippen LogP contribution in [0, 0.1) is 16.2 Å². The van der Waals surface area contributed by atoms with Crippen molar-refractivity contribution >= 4 is 23.2 Å². The van der Waals surface area contributed by atoms with Crippen molar-refractivity contribution in [3.05, 3.63) is 24.5 Å². The summed E-state index contributed by atoms with van der Waals surface area (Å²) < 4.78 is 0. The summed E-state index contributed by atoms with van der Waals surface area (Å²) in [5, 5.41) is 2.75. The summed E-state index contributed by atoms with van der Waals surface area (Å²) in [5.41, 5.74) is -2.14. The third-order valence-corrected chi connectivity index (χ3v) is 5.85. The van der Waals surface area contributed by atoms with Crippen LogP contribution < -0.4 is 5.32 Å². The Morgan fingerprint density at radius 3 is 2.43 bits per heavy atom. The van der Waals surface area contributed by atoms with E-state index in [0.717, 1.165) is 0 Å². The molecule has 1 aromatic rings. The first-order valence-corrected chi connectivity index (χ1v) is 7.08. The average molecular weight is 286 g/mol. The lowest BCUT2D eigenvalue weighted by Crippen LogP contribution is -2.47. The third kappa shape index (κ3) is 1.41. The SMILES string of the molecule is CC12CCC(C(=O)Nc3cccnc3)(C(=O)C1=O)C2(C)C. The van der Waals surface area contributed by atoms with Crippen LogP contribution in [-0.2, 0) is 14.4 Å². The third-order valence-electron chi connectivity index (χ3n) is 5.85. The zero-order chi connectivity index (χ0) is 15.5. The Bertz CT molecular complexity index is 653. The van der Waals surface area contributed by atoms with Crippen molar-refractivity contribution in [2.45, 2.75) is 33.6 Å². The monoisotopic (exact) mass is 286 g/mol. The lowest BCUT2D eigenvalue weighted by Gasteiger charge is -2.37. The highest BCUT2D eigenvalue weighted by molar-refractivity contribution is 6.49. The molecule has 110 valence electrons. The molecule has 2 aliphatic rings. The standard InChI is InChI=1S/C16H18N2O3/c1-14(2)15(3)6-7-16(14,12(20)11(15)19)13(21)18-10-5-4-8-17-9-10/h4-5,8-9H,6-7H2,1-3H3,(H,18,21). The Balaban J connectivity index is 2.02. The number of anilines is 1. The molecule has 3 rings (SSSR count). The van der Waals surface area contributed by atoms with Crippen molar-refractivity contribution in [3.8, 4) is 0 Å². The number of hydrogen-bond acceptors (Lipinski definition) is 4. The number of aromatic nitrogens is 1. The zero-order valence-corrected chi connectivity index (χ0v) is 12.4. The topological polar surface area (TPSA) is 76.1 Å². The van der Waals surface area contributed by atoms with Gasteiger partial charge in [-0.25, -0.2) is 0 Å². The second-order valence-electron chi connectivity index (χ2n) is 6.72. The molecule has 0 radical (unpaired) electrons. The molecule has 1 N–H and O–H groups in total. The molecule has 2 saturated carbocycles. The number of carbonyl (C=O) groups is 3. The molecular formula is C16H18N2O3. The Hall–Kier alpha value is -2.04. The van der Waals surface area contributed by atoms with E-state index in [1.165, 1.54) is 6.20 Å². The van der Waals surface area contributed by atoms with Crippen LogP contribution >= 0.6 is 0 Å².